The number of aromatic nitrogens is 1. The molecule has 1 aliphatic heterocycles. The highest BCUT2D eigenvalue weighted by Gasteiger charge is 2.27. The van der Waals surface area contributed by atoms with Crippen LogP contribution in [0.15, 0.2) is 42.5 Å². The van der Waals surface area contributed by atoms with Crippen molar-refractivity contribution in [2.45, 2.75) is 58.7 Å². The first-order chi connectivity index (χ1) is 15.7. The van der Waals surface area contributed by atoms with Crippen LogP contribution in [0.4, 0.5) is 11.5 Å². The molecule has 0 radical (unpaired) electrons. The molecular weight excluding hydrogens is 430 g/mol. The van der Waals surface area contributed by atoms with E-state index in [1.165, 1.54) is 0 Å². The van der Waals surface area contributed by atoms with Gasteiger partial charge in [-0.05, 0) is 69.9 Å². The number of piperidine rings is 1. The molecule has 0 saturated carbocycles. The van der Waals surface area contributed by atoms with Crippen LogP contribution in [0.2, 0.25) is 5.02 Å². The molecule has 1 aliphatic rings. The standard InChI is InChI=1S/C27H32ClN5/c1-18-5-10-22-24(15-18)31-26(30-17-19-6-8-20(28)9-7-19)23(16-29)25(22)33-13-11-21(12-14-33)32-27(2,3)4/h5-10,15,21,32H,11-14,17H2,1-4H3,(H,30,31). The van der Waals surface area contributed by atoms with E-state index in [2.05, 4.69) is 67.5 Å². The van der Waals surface area contributed by atoms with Crippen molar-refractivity contribution in [3.63, 3.8) is 0 Å². The fourth-order valence-electron chi connectivity index (χ4n) is 4.57. The molecule has 2 N–H and O–H groups in total. The molecule has 1 fully saturated rings. The van der Waals surface area contributed by atoms with Gasteiger partial charge < -0.3 is 15.5 Å². The number of pyridine rings is 1. The number of halogens is 1. The summed E-state index contributed by atoms with van der Waals surface area (Å²) in [5, 5.41) is 19.1. The normalized spacial score (nSPS) is 15.0. The van der Waals surface area contributed by atoms with Crippen molar-refractivity contribution < 1.29 is 0 Å². The Kier molecular flexibility index (Phi) is 6.78. The summed E-state index contributed by atoms with van der Waals surface area (Å²) in [7, 11) is 0. The molecule has 33 heavy (non-hydrogen) atoms. The maximum absolute atomic E-state index is 10.2. The van der Waals surface area contributed by atoms with Crippen molar-refractivity contribution in [3.8, 4) is 6.07 Å². The topological polar surface area (TPSA) is 64.0 Å². The minimum absolute atomic E-state index is 0.101. The summed E-state index contributed by atoms with van der Waals surface area (Å²) in [4.78, 5) is 7.23. The Bertz CT molecular complexity index is 1170. The van der Waals surface area contributed by atoms with Gasteiger partial charge in [-0.15, -0.1) is 0 Å². The lowest BCUT2D eigenvalue weighted by Gasteiger charge is -2.38. The summed E-state index contributed by atoms with van der Waals surface area (Å²) in [5.74, 6) is 0.635. The van der Waals surface area contributed by atoms with Gasteiger partial charge in [0.2, 0.25) is 0 Å². The van der Waals surface area contributed by atoms with E-state index in [4.69, 9.17) is 16.6 Å². The Morgan fingerprint density at radius 1 is 1.12 bits per heavy atom. The molecule has 0 bridgehead atoms. The summed E-state index contributed by atoms with van der Waals surface area (Å²) in [5.41, 5.74) is 4.87. The second kappa shape index (κ2) is 9.59. The number of rotatable bonds is 5. The lowest BCUT2D eigenvalue weighted by Crippen LogP contribution is -2.49. The number of nitriles is 1. The van der Waals surface area contributed by atoms with Crippen molar-refractivity contribution in [1.82, 2.24) is 10.3 Å². The number of benzene rings is 2. The van der Waals surface area contributed by atoms with E-state index < -0.39 is 0 Å². The van der Waals surface area contributed by atoms with Gasteiger partial charge in [-0.2, -0.15) is 5.26 Å². The van der Waals surface area contributed by atoms with Gasteiger partial charge in [-0.25, -0.2) is 4.98 Å². The van der Waals surface area contributed by atoms with Gasteiger partial charge >= 0.3 is 0 Å². The number of hydrogen-bond donors (Lipinski definition) is 2. The zero-order valence-corrected chi connectivity index (χ0v) is 20.6. The number of fused-ring (bicyclic) bond motifs is 1. The highest BCUT2D eigenvalue weighted by atomic mass is 35.5. The maximum atomic E-state index is 10.2. The van der Waals surface area contributed by atoms with E-state index in [1.54, 1.807) is 0 Å². The predicted molar refractivity (Wildman–Crippen MR) is 138 cm³/mol. The zero-order chi connectivity index (χ0) is 23.6. The lowest BCUT2D eigenvalue weighted by atomic mass is 9.98. The van der Waals surface area contributed by atoms with E-state index in [0.717, 1.165) is 53.6 Å². The summed E-state index contributed by atoms with van der Waals surface area (Å²) in [6.07, 6.45) is 2.09. The van der Waals surface area contributed by atoms with Crippen LogP contribution in [0.3, 0.4) is 0 Å². The van der Waals surface area contributed by atoms with E-state index in [-0.39, 0.29) is 5.54 Å². The molecule has 0 spiro atoms. The molecule has 172 valence electrons. The number of anilines is 2. The van der Waals surface area contributed by atoms with Gasteiger partial charge in [0.05, 0.1) is 11.2 Å². The monoisotopic (exact) mass is 461 g/mol. The smallest absolute Gasteiger partial charge is 0.147 e. The molecule has 6 heteroatoms. The Morgan fingerprint density at radius 3 is 2.45 bits per heavy atom. The fourth-order valence-corrected chi connectivity index (χ4v) is 4.69. The van der Waals surface area contributed by atoms with Crippen LogP contribution >= 0.6 is 11.6 Å². The molecule has 0 unspecified atom stereocenters. The number of hydrogen-bond acceptors (Lipinski definition) is 5. The van der Waals surface area contributed by atoms with Crippen LogP contribution < -0.4 is 15.5 Å². The minimum Gasteiger partial charge on any atom is -0.370 e. The van der Waals surface area contributed by atoms with Crippen molar-refractivity contribution in [1.29, 1.82) is 5.26 Å². The van der Waals surface area contributed by atoms with Gasteiger partial charge in [-0.1, -0.05) is 35.9 Å². The third-order valence-corrected chi connectivity index (χ3v) is 6.30. The molecule has 5 nitrogen and oxygen atoms in total. The number of nitrogens with one attached hydrogen (secondary N) is 2. The van der Waals surface area contributed by atoms with Crippen molar-refractivity contribution in [3.05, 3.63) is 64.2 Å². The zero-order valence-electron chi connectivity index (χ0n) is 19.9. The van der Waals surface area contributed by atoms with Crippen LogP contribution in [-0.2, 0) is 6.54 Å². The van der Waals surface area contributed by atoms with Crippen molar-refractivity contribution >= 4 is 34.0 Å². The fraction of sp³-hybridized carbons (Fsp3) is 0.407. The van der Waals surface area contributed by atoms with E-state index in [9.17, 15) is 5.26 Å². The van der Waals surface area contributed by atoms with E-state index in [0.29, 0.717) is 29.0 Å². The predicted octanol–water partition coefficient (Wildman–Crippen LogP) is 6.04. The molecule has 3 aromatic rings. The van der Waals surface area contributed by atoms with Crippen molar-refractivity contribution in [2.75, 3.05) is 23.3 Å². The first-order valence-electron chi connectivity index (χ1n) is 11.6. The van der Waals surface area contributed by atoms with Crippen LogP contribution in [-0.4, -0.2) is 29.7 Å². The maximum Gasteiger partial charge on any atom is 0.147 e. The third kappa shape index (κ3) is 5.58. The summed E-state index contributed by atoms with van der Waals surface area (Å²) in [6.45, 7) is 11.1. The molecule has 2 heterocycles. The third-order valence-electron chi connectivity index (χ3n) is 6.05. The van der Waals surface area contributed by atoms with Crippen molar-refractivity contribution in [2.24, 2.45) is 0 Å². The molecule has 4 rings (SSSR count). The SMILES string of the molecule is Cc1ccc2c(N3CCC(NC(C)(C)C)CC3)c(C#N)c(NCc3ccc(Cl)cc3)nc2c1. The first kappa shape index (κ1) is 23.4. The van der Waals surface area contributed by atoms with Crippen LogP contribution in [0.25, 0.3) is 10.9 Å². The van der Waals surface area contributed by atoms with E-state index >= 15 is 0 Å². The summed E-state index contributed by atoms with van der Waals surface area (Å²) in [6, 6.07) is 17.0. The Morgan fingerprint density at radius 2 is 1.82 bits per heavy atom. The van der Waals surface area contributed by atoms with E-state index in [1.807, 2.05) is 24.3 Å². The minimum atomic E-state index is 0.101. The Hall–Kier alpha value is -2.81. The summed E-state index contributed by atoms with van der Waals surface area (Å²) >= 11 is 6.02. The molecule has 2 aromatic carbocycles. The van der Waals surface area contributed by atoms with Crippen LogP contribution in [0, 0.1) is 18.3 Å². The number of aryl methyl sites for hydroxylation is 1. The largest absolute Gasteiger partial charge is 0.370 e. The molecule has 0 atom stereocenters. The summed E-state index contributed by atoms with van der Waals surface area (Å²) < 4.78 is 0. The average molecular weight is 462 g/mol. The molecule has 0 aliphatic carbocycles. The number of nitrogens with zero attached hydrogens (tertiary/aromatic N) is 3. The quantitative estimate of drug-likeness (QED) is 0.485. The highest BCUT2D eigenvalue weighted by Crippen LogP contribution is 2.36. The lowest BCUT2D eigenvalue weighted by molar-refractivity contribution is 0.317. The Labute approximate surface area is 201 Å². The Balaban J connectivity index is 1.67. The second-order valence-corrected chi connectivity index (χ2v) is 10.4. The molecule has 1 saturated heterocycles. The van der Waals surface area contributed by atoms with Gasteiger partial charge in [0, 0.05) is 41.6 Å². The first-order valence-corrected chi connectivity index (χ1v) is 12.0. The molecular formula is C27H32ClN5. The van der Waals surface area contributed by atoms with Gasteiger partial charge in [0.25, 0.3) is 0 Å². The van der Waals surface area contributed by atoms with Crippen LogP contribution in [0.5, 0.6) is 0 Å². The van der Waals surface area contributed by atoms with Gasteiger partial charge in [-0.3, -0.25) is 0 Å². The highest BCUT2D eigenvalue weighted by molar-refractivity contribution is 6.30. The van der Waals surface area contributed by atoms with Gasteiger partial charge in [0.15, 0.2) is 0 Å². The molecule has 0 amide bonds. The van der Waals surface area contributed by atoms with Gasteiger partial charge in [0.1, 0.15) is 17.5 Å². The molecule has 1 aromatic heterocycles. The van der Waals surface area contributed by atoms with Crippen LogP contribution in [0.1, 0.15) is 50.3 Å². The average Bonchev–Trinajstić information content (AvgIpc) is 2.77. The second-order valence-electron chi connectivity index (χ2n) is 9.95.